The first-order valence-corrected chi connectivity index (χ1v) is 8.47. The average Bonchev–Trinajstić information content (AvgIpc) is 3.01. The molecular weight excluding hydrogens is 284 g/mol. The monoisotopic (exact) mass is 309 g/mol. The molecule has 3 rings (SSSR count). The first kappa shape index (κ1) is 15.8. The van der Waals surface area contributed by atoms with Crippen molar-refractivity contribution in [3.8, 4) is 0 Å². The van der Waals surface area contributed by atoms with Gasteiger partial charge in [-0.1, -0.05) is 36.4 Å². The third-order valence-corrected chi connectivity index (χ3v) is 4.51. The molecule has 1 amide bonds. The molecule has 0 saturated heterocycles. The summed E-state index contributed by atoms with van der Waals surface area (Å²) in [6.45, 7) is 1.79. The normalized spacial score (nSPS) is 14.3. The molecule has 0 saturated carbocycles. The van der Waals surface area contributed by atoms with Gasteiger partial charge in [0.15, 0.2) is 0 Å². The van der Waals surface area contributed by atoms with E-state index in [-0.39, 0.29) is 5.91 Å². The molecule has 0 radical (unpaired) electrons. The lowest BCUT2D eigenvalue weighted by Gasteiger charge is -2.14. The van der Waals surface area contributed by atoms with Crippen molar-refractivity contribution >= 4 is 11.6 Å². The summed E-state index contributed by atoms with van der Waals surface area (Å²) in [5.74, 6) is 0.107. The van der Waals surface area contributed by atoms with Gasteiger partial charge in [-0.15, -0.1) is 0 Å². The van der Waals surface area contributed by atoms with Gasteiger partial charge in [-0.05, 0) is 42.5 Å². The maximum absolute atomic E-state index is 12.1. The maximum atomic E-state index is 12.1. The summed E-state index contributed by atoms with van der Waals surface area (Å²) >= 11 is 0. The van der Waals surface area contributed by atoms with Crippen LogP contribution in [-0.2, 0) is 24.2 Å². The average molecular weight is 309 g/mol. The summed E-state index contributed by atoms with van der Waals surface area (Å²) in [5.41, 5.74) is 5.09. The summed E-state index contributed by atoms with van der Waals surface area (Å²) in [6, 6.07) is 16.7. The molecule has 0 heterocycles. The third kappa shape index (κ3) is 4.42. The van der Waals surface area contributed by atoms with Crippen LogP contribution in [0.1, 0.15) is 29.5 Å². The Morgan fingerprint density at radius 2 is 1.87 bits per heavy atom. The Morgan fingerprint density at radius 1 is 1.09 bits per heavy atom. The number of amides is 1. The highest BCUT2D eigenvalue weighted by Gasteiger charge is 2.12. The number of benzene rings is 2. The molecule has 2 aromatic rings. The first-order valence-electron chi connectivity index (χ1n) is 8.47. The largest absolute Gasteiger partial charge is 0.333 e. The minimum atomic E-state index is 0.107. The Hall–Kier alpha value is -2.13. The van der Waals surface area contributed by atoms with E-state index in [4.69, 9.17) is 0 Å². The number of rotatable bonds is 6. The van der Waals surface area contributed by atoms with E-state index in [0.717, 1.165) is 25.2 Å². The molecule has 0 spiro atoms. The van der Waals surface area contributed by atoms with Gasteiger partial charge in [0.25, 0.3) is 0 Å². The van der Waals surface area contributed by atoms with E-state index in [9.17, 15) is 4.79 Å². The highest BCUT2D eigenvalue weighted by molar-refractivity contribution is 5.90. The molecule has 23 heavy (non-hydrogen) atoms. The number of hydrogen-bond acceptors (Lipinski definition) is 1. The van der Waals surface area contributed by atoms with E-state index in [1.807, 2.05) is 12.1 Å². The lowest BCUT2D eigenvalue weighted by atomic mass is 10.1. The second kappa shape index (κ2) is 7.42. The molecule has 1 atom stereocenters. The molecule has 0 aliphatic heterocycles. The van der Waals surface area contributed by atoms with Crippen LogP contribution in [0, 0.1) is 0 Å². The summed E-state index contributed by atoms with van der Waals surface area (Å²) in [6.07, 6.45) is 4.11. The highest BCUT2D eigenvalue weighted by Crippen LogP contribution is 2.24. The van der Waals surface area contributed by atoms with E-state index in [1.54, 1.807) is 0 Å². The van der Waals surface area contributed by atoms with E-state index >= 15 is 0 Å². The van der Waals surface area contributed by atoms with Gasteiger partial charge in [0.1, 0.15) is 6.54 Å². The Bertz CT molecular complexity index is 667. The Balaban J connectivity index is 1.46. The SMILES string of the molecule is C[NH+](CCC(=O)Nc1ccc2c(c1)CCC2)Cc1ccccc1. The molecule has 1 aliphatic carbocycles. The molecule has 2 N–H and O–H groups in total. The fourth-order valence-electron chi connectivity index (χ4n) is 3.23. The zero-order valence-corrected chi connectivity index (χ0v) is 13.8. The molecule has 3 heteroatoms. The van der Waals surface area contributed by atoms with Crippen molar-refractivity contribution in [1.29, 1.82) is 0 Å². The number of nitrogens with one attached hydrogen (secondary N) is 2. The zero-order chi connectivity index (χ0) is 16.1. The number of anilines is 1. The molecule has 0 aromatic heterocycles. The van der Waals surface area contributed by atoms with E-state index < -0.39 is 0 Å². The fraction of sp³-hybridized carbons (Fsp3) is 0.350. The van der Waals surface area contributed by atoms with Crippen LogP contribution in [0.3, 0.4) is 0 Å². The number of fused-ring (bicyclic) bond motifs is 1. The number of carbonyl (C=O) groups excluding carboxylic acids is 1. The molecule has 1 aliphatic rings. The van der Waals surface area contributed by atoms with Crippen molar-refractivity contribution in [3.63, 3.8) is 0 Å². The van der Waals surface area contributed by atoms with Crippen molar-refractivity contribution in [3.05, 3.63) is 65.2 Å². The number of hydrogen-bond donors (Lipinski definition) is 2. The lowest BCUT2D eigenvalue weighted by molar-refractivity contribution is -0.893. The van der Waals surface area contributed by atoms with Crippen LogP contribution in [0.25, 0.3) is 0 Å². The third-order valence-electron chi connectivity index (χ3n) is 4.51. The molecule has 1 unspecified atom stereocenters. The predicted molar refractivity (Wildman–Crippen MR) is 93.6 cm³/mol. The van der Waals surface area contributed by atoms with Crippen LogP contribution in [0.4, 0.5) is 5.69 Å². The minimum absolute atomic E-state index is 0.107. The predicted octanol–water partition coefficient (Wildman–Crippen LogP) is 2.22. The van der Waals surface area contributed by atoms with E-state index in [0.29, 0.717) is 6.42 Å². The van der Waals surface area contributed by atoms with Crippen LogP contribution in [0.5, 0.6) is 0 Å². The smallest absolute Gasteiger partial charge is 0.230 e. The van der Waals surface area contributed by atoms with Gasteiger partial charge < -0.3 is 10.2 Å². The number of carbonyl (C=O) groups is 1. The van der Waals surface area contributed by atoms with Crippen LogP contribution in [-0.4, -0.2) is 19.5 Å². The van der Waals surface area contributed by atoms with Gasteiger partial charge in [-0.3, -0.25) is 4.79 Å². The minimum Gasteiger partial charge on any atom is -0.333 e. The molecule has 120 valence electrons. The summed E-state index contributed by atoms with van der Waals surface area (Å²) in [5, 5.41) is 3.04. The standard InChI is InChI=1S/C20H24N2O/c1-22(15-16-6-3-2-4-7-16)13-12-20(23)21-19-11-10-17-8-5-9-18(17)14-19/h2-4,6-7,10-11,14H,5,8-9,12-13,15H2,1H3,(H,21,23)/p+1. The Kier molecular flexibility index (Phi) is 5.09. The van der Waals surface area contributed by atoms with Crippen molar-refractivity contribution < 1.29 is 9.69 Å². The Labute approximate surface area is 138 Å². The molecule has 0 fully saturated rings. The molecule has 3 nitrogen and oxygen atoms in total. The van der Waals surface area contributed by atoms with Crippen LogP contribution in [0.2, 0.25) is 0 Å². The van der Waals surface area contributed by atoms with Crippen LogP contribution < -0.4 is 10.2 Å². The molecular formula is C20H25N2O+. The van der Waals surface area contributed by atoms with Gasteiger partial charge >= 0.3 is 0 Å². The fourth-order valence-corrected chi connectivity index (χ4v) is 3.23. The molecule has 0 bridgehead atoms. The topological polar surface area (TPSA) is 33.5 Å². The zero-order valence-electron chi connectivity index (χ0n) is 13.8. The Morgan fingerprint density at radius 3 is 2.70 bits per heavy atom. The number of aryl methyl sites for hydroxylation is 2. The van der Waals surface area contributed by atoms with Gasteiger partial charge in [0, 0.05) is 11.3 Å². The van der Waals surface area contributed by atoms with E-state index in [2.05, 4.69) is 48.8 Å². The van der Waals surface area contributed by atoms with Crippen LogP contribution in [0.15, 0.2) is 48.5 Å². The second-order valence-corrected chi connectivity index (χ2v) is 6.50. The molecule has 2 aromatic carbocycles. The number of quaternary nitrogens is 1. The van der Waals surface area contributed by atoms with E-state index in [1.165, 1.54) is 34.4 Å². The summed E-state index contributed by atoms with van der Waals surface area (Å²) < 4.78 is 0. The van der Waals surface area contributed by atoms with Crippen molar-refractivity contribution in [1.82, 2.24) is 0 Å². The van der Waals surface area contributed by atoms with Gasteiger partial charge in [-0.25, -0.2) is 0 Å². The quantitative estimate of drug-likeness (QED) is 0.843. The maximum Gasteiger partial charge on any atom is 0.230 e. The summed E-state index contributed by atoms with van der Waals surface area (Å²) in [7, 11) is 2.13. The van der Waals surface area contributed by atoms with Crippen LogP contribution >= 0.6 is 0 Å². The van der Waals surface area contributed by atoms with Crippen molar-refractivity contribution in [2.75, 3.05) is 18.9 Å². The van der Waals surface area contributed by atoms with Gasteiger partial charge in [-0.2, -0.15) is 0 Å². The highest BCUT2D eigenvalue weighted by atomic mass is 16.1. The first-order chi connectivity index (χ1) is 11.2. The van der Waals surface area contributed by atoms with Gasteiger partial charge in [0.05, 0.1) is 20.0 Å². The lowest BCUT2D eigenvalue weighted by Crippen LogP contribution is -3.07. The van der Waals surface area contributed by atoms with Crippen molar-refractivity contribution in [2.45, 2.75) is 32.2 Å². The second-order valence-electron chi connectivity index (χ2n) is 6.50. The summed E-state index contributed by atoms with van der Waals surface area (Å²) in [4.78, 5) is 13.5. The van der Waals surface area contributed by atoms with Gasteiger partial charge in [0.2, 0.25) is 5.91 Å². The van der Waals surface area contributed by atoms with Crippen molar-refractivity contribution in [2.24, 2.45) is 0 Å².